The summed E-state index contributed by atoms with van der Waals surface area (Å²) in [4.78, 5) is 11.8. The SMILES string of the molecule is Nn1c(SCC(=O)NCCOc2ccc(Cl)cc2)nnc1C1CC1. The minimum atomic E-state index is -0.101. The molecule has 0 saturated heterocycles. The number of halogens is 1. The standard InChI is InChI=1S/C15H18ClN5O2S/c16-11-3-5-12(6-4-11)23-8-7-18-13(22)9-24-15-20-19-14(21(15)17)10-1-2-10/h3-6,10H,1-2,7-9,17H2,(H,18,22). The minimum absolute atomic E-state index is 0.101. The highest BCUT2D eigenvalue weighted by atomic mass is 35.5. The van der Waals surface area contributed by atoms with Gasteiger partial charge in [-0.15, -0.1) is 10.2 Å². The highest BCUT2D eigenvalue weighted by molar-refractivity contribution is 7.99. The van der Waals surface area contributed by atoms with Crippen LogP contribution in [0.2, 0.25) is 5.02 Å². The van der Waals surface area contributed by atoms with Crippen molar-refractivity contribution in [3.8, 4) is 5.75 Å². The largest absolute Gasteiger partial charge is 0.492 e. The average molecular weight is 368 g/mol. The van der Waals surface area contributed by atoms with E-state index in [0.29, 0.717) is 35.0 Å². The van der Waals surface area contributed by atoms with Gasteiger partial charge in [-0.2, -0.15) is 0 Å². The fourth-order valence-corrected chi connectivity index (χ4v) is 2.90. The molecular weight excluding hydrogens is 350 g/mol. The Morgan fingerprint density at radius 1 is 1.38 bits per heavy atom. The zero-order valence-electron chi connectivity index (χ0n) is 12.9. The number of carbonyl (C=O) groups excluding carboxylic acids is 1. The van der Waals surface area contributed by atoms with E-state index in [4.69, 9.17) is 22.2 Å². The Labute approximate surface area is 148 Å². The van der Waals surface area contributed by atoms with Crippen LogP contribution in [0.15, 0.2) is 29.4 Å². The summed E-state index contributed by atoms with van der Waals surface area (Å²) in [6.07, 6.45) is 2.21. The zero-order chi connectivity index (χ0) is 16.9. The zero-order valence-corrected chi connectivity index (χ0v) is 14.5. The van der Waals surface area contributed by atoms with Crippen LogP contribution in [-0.2, 0) is 4.79 Å². The van der Waals surface area contributed by atoms with Crippen LogP contribution in [0.3, 0.4) is 0 Å². The lowest BCUT2D eigenvalue weighted by Crippen LogP contribution is -2.29. The van der Waals surface area contributed by atoms with E-state index in [1.165, 1.54) is 16.4 Å². The second-order valence-corrected chi connectivity index (χ2v) is 6.80. The number of thioether (sulfide) groups is 1. The van der Waals surface area contributed by atoms with E-state index < -0.39 is 0 Å². The van der Waals surface area contributed by atoms with E-state index in [2.05, 4.69) is 15.5 Å². The molecule has 1 heterocycles. The number of rotatable bonds is 8. The Balaban J connectivity index is 1.34. The van der Waals surface area contributed by atoms with Crippen LogP contribution >= 0.6 is 23.4 Å². The van der Waals surface area contributed by atoms with Crippen molar-refractivity contribution in [2.24, 2.45) is 0 Å². The first-order valence-corrected chi connectivity index (χ1v) is 8.98. The minimum Gasteiger partial charge on any atom is -0.492 e. The summed E-state index contributed by atoms with van der Waals surface area (Å²) in [6, 6.07) is 7.08. The molecule has 0 bridgehead atoms. The lowest BCUT2D eigenvalue weighted by Gasteiger charge is -2.07. The Hall–Kier alpha value is -1.93. The van der Waals surface area contributed by atoms with Crippen molar-refractivity contribution < 1.29 is 9.53 Å². The summed E-state index contributed by atoms with van der Waals surface area (Å²) < 4.78 is 6.99. The monoisotopic (exact) mass is 367 g/mol. The fourth-order valence-electron chi connectivity index (χ4n) is 2.08. The first-order chi connectivity index (χ1) is 11.6. The maximum atomic E-state index is 11.8. The Morgan fingerprint density at radius 2 is 2.12 bits per heavy atom. The molecule has 7 nitrogen and oxygen atoms in total. The number of nitrogens with zero attached hydrogens (tertiary/aromatic N) is 3. The van der Waals surface area contributed by atoms with E-state index in [9.17, 15) is 4.79 Å². The molecule has 1 amide bonds. The number of hydrogen-bond acceptors (Lipinski definition) is 6. The van der Waals surface area contributed by atoms with Crippen molar-refractivity contribution in [1.29, 1.82) is 0 Å². The Kier molecular flexibility index (Phi) is 5.47. The van der Waals surface area contributed by atoms with Crippen molar-refractivity contribution in [3.05, 3.63) is 35.1 Å². The second kappa shape index (κ2) is 7.76. The fraction of sp³-hybridized carbons (Fsp3) is 0.400. The third kappa shape index (κ3) is 4.55. The molecule has 3 N–H and O–H groups in total. The molecule has 0 unspecified atom stereocenters. The summed E-state index contributed by atoms with van der Waals surface area (Å²) in [5.74, 6) is 8.01. The summed E-state index contributed by atoms with van der Waals surface area (Å²) >= 11 is 7.07. The number of aromatic nitrogens is 3. The highest BCUT2D eigenvalue weighted by Crippen LogP contribution is 2.39. The van der Waals surface area contributed by atoms with Crippen LogP contribution < -0.4 is 15.9 Å². The van der Waals surface area contributed by atoms with Gasteiger partial charge in [0.05, 0.1) is 12.3 Å². The van der Waals surface area contributed by atoms with Crippen LogP contribution in [0, 0.1) is 0 Å². The number of amides is 1. The van der Waals surface area contributed by atoms with Gasteiger partial charge < -0.3 is 15.9 Å². The van der Waals surface area contributed by atoms with Gasteiger partial charge in [-0.05, 0) is 37.1 Å². The topological polar surface area (TPSA) is 95.1 Å². The summed E-state index contributed by atoms with van der Waals surface area (Å²) in [5, 5.41) is 12.1. The van der Waals surface area contributed by atoms with E-state index in [-0.39, 0.29) is 11.7 Å². The Morgan fingerprint density at radius 3 is 2.83 bits per heavy atom. The maximum absolute atomic E-state index is 11.8. The lowest BCUT2D eigenvalue weighted by molar-refractivity contribution is -0.118. The molecule has 1 aromatic heterocycles. The molecule has 0 radical (unpaired) electrons. The van der Waals surface area contributed by atoms with E-state index >= 15 is 0 Å². The van der Waals surface area contributed by atoms with Crippen LogP contribution in [0.1, 0.15) is 24.6 Å². The number of hydrogen-bond donors (Lipinski definition) is 2. The maximum Gasteiger partial charge on any atom is 0.230 e. The summed E-state index contributed by atoms with van der Waals surface area (Å²) in [6.45, 7) is 0.807. The molecule has 1 fully saturated rings. The number of nitrogens with two attached hydrogens (primary N) is 1. The van der Waals surface area contributed by atoms with Gasteiger partial charge >= 0.3 is 0 Å². The molecule has 24 heavy (non-hydrogen) atoms. The molecule has 0 atom stereocenters. The van der Waals surface area contributed by atoms with E-state index in [0.717, 1.165) is 18.7 Å². The summed E-state index contributed by atoms with van der Waals surface area (Å²) in [5.41, 5.74) is 0. The molecule has 3 rings (SSSR count). The molecule has 0 spiro atoms. The van der Waals surface area contributed by atoms with Gasteiger partial charge in [0.1, 0.15) is 12.4 Å². The molecule has 1 aromatic carbocycles. The van der Waals surface area contributed by atoms with Crippen LogP contribution in [0.5, 0.6) is 5.75 Å². The van der Waals surface area contributed by atoms with E-state index in [1.54, 1.807) is 24.3 Å². The third-order valence-electron chi connectivity index (χ3n) is 3.47. The molecule has 2 aromatic rings. The molecule has 128 valence electrons. The van der Waals surface area contributed by atoms with Gasteiger partial charge in [0.2, 0.25) is 11.1 Å². The molecule has 1 saturated carbocycles. The van der Waals surface area contributed by atoms with Gasteiger partial charge in [0.15, 0.2) is 5.82 Å². The molecule has 1 aliphatic carbocycles. The van der Waals surface area contributed by atoms with Gasteiger partial charge in [-0.3, -0.25) is 4.79 Å². The number of carbonyl (C=O) groups is 1. The first-order valence-electron chi connectivity index (χ1n) is 7.61. The smallest absolute Gasteiger partial charge is 0.230 e. The van der Waals surface area contributed by atoms with Crippen molar-refractivity contribution in [1.82, 2.24) is 20.2 Å². The molecule has 0 aliphatic heterocycles. The first kappa shape index (κ1) is 16.9. The number of nitrogens with one attached hydrogen (secondary N) is 1. The van der Waals surface area contributed by atoms with Crippen LogP contribution in [-0.4, -0.2) is 39.7 Å². The number of nitrogen functional groups attached to an aromatic ring is 1. The third-order valence-corrected chi connectivity index (χ3v) is 4.67. The molecule has 1 aliphatic rings. The van der Waals surface area contributed by atoms with Crippen molar-refractivity contribution in [3.63, 3.8) is 0 Å². The Bertz CT molecular complexity index is 702. The lowest BCUT2D eigenvalue weighted by atomic mass is 10.3. The number of ether oxygens (including phenoxy) is 1. The number of benzene rings is 1. The van der Waals surface area contributed by atoms with Crippen molar-refractivity contribution >= 4 is 29.3 Å². The summed E-state index contributed by atoms with van der Waals surface area (Å²) in [7, 11) is 0. The highest BCUT2D eigenvalue weighted by Gasteiger charge is 2.29. The van der Waals surface area contributed by atoms with Gasteiger partial charge in [-0.1, -0.05) is 23.4 Å². The molecule has 9 heteroatoms. The van der Waals surface area contributed by atoms with Gasteiger partial charge in [0.25, 0.3) is 0 Å². The van der Waals surface area contributed by atoms with Gasteiger partial charge in [-0.25, -0.2) is 4.68 Å². The average Bonchev–Trinajstić information content (AvgIpc) is 3.35. The van der Waals surface area contributed by atoms with Crippen molar-refractivity contribution in [2.75, 3.05) is 24.7 Å². The van der Waals surface area contributed by atoms with E-state index in [1.807, 2.05) is 0 Å². The van der Waals surface area contributed by atoms with Crippen molar-refractivity contribution in [2.45, 2.75) is 23.9 Å². The molecular formula is C15H18ClN5O2S. The predicted octanol–water partition coefficient (Wildman–Crippen LogP) is 1.81. The predicted molar refractivity (Wildman–Crippen MR) is 92.8 cm³/mol. The quantitative estimate of drug-likeness (QED) is 0.419. The van der Waals surface area contributed by atoms with Crippen LogP contribution in [0.25, 0.3) is 0 Å². The normalized spacial score (nSPS) is 13.7. The van der Waals surface area contributed by atoms with Crippen LogP contribution in [0.4, 0.5) is 0 Å². The second-order valence-electron chi connectivity index (χ2n) is 5.43. The van der Waals surface area contributed by atoms with Gasteiger partial charge in [0, 0.05) is 10.9 Å².